The molecule has 0 aliphatic rings. The molecule has 0 saturated carbocycles. The number of hydrogen-bond acceptors (Lipinski definition) is 3. The van der Waals surface area contributed by atoms with E-state index in [0.717, 1.165) is 0 Å². The first-order valence-electron chi connectivity index (χ1n) is 4.21. The van der Waals surface area contributed by atoms with Gasteiger partial charge in [0.15, 0.2) is 6.61 Å². The molecule has 0 saturated heterocycles. The third kappa shape index (κ3) is 2.86. The Morgan fingerprint density at radius 1 is 1.67 bits per heavy atom. The zero-order valence-corrected chi connectivity index (χ0v) is 8.84. The number of carbonyl (C=O) groups is 1. The number of nitrogens with zero attached hydrogens (tertiary/aromatic N) is 1. The summed E-state index contributed by atoms with van der Waals surface area (Å²) in [5.74, 6) is 0.0486. The van der Waals surface area contributed by atoms with Gasteiger partial charge < -0.3 is 10.1 Å². The van der Waals surface area contributed by atoms with Crippen LogP contribution < -0.4 is 10.1 Å². The summed E-state index contributed by atoms with van der Waals surface area (Å²) in [6.07, 6.45) is 0. The number of carbonyl (C=O) groups excluding carboxylic acids is 1. The molecule has 0 fully saturated rings. The summed E-state index contributed by atoms with van der Waals surface area (Å²) >= 11 is 5.78. The molecule has 1 aromatic carbocycles. The van der Waals surface area contributed by atoms with Crippen molar-refractivity contribution < 1.29 is 9.53 Å². The highest BCUT2D eigenvalue weighted by Crippen LogP contribution is 2.25. The van der Waals surface area contributed by atoms with Gasteiger partial charge in [0.05, 0.1) is 5.02 Å². The Labute approximate surface area is 92.4 Å². The van der Waals surface area contributed by atoms with Gasteiger partial charge in [-0.3, -0.25) is 4.79 Å². The van der Waals surface area contributed by atoms with Crippen LogP contribution in [-0.2, 0) is 4.79 Å². The molecule has 1 N–H and O–H groups in total. The van der Waals surface area contributed by atoms with Crippen molar-refractivity contribution in [2.24, 2.45) is 0 Å². The molecule has 1 amide bonds. The molecule has 0 heterocycles. The maximum atomic E-state index is 10.9. The highest BCUT2D eigenvalue weighted by atomic mass is 35.5. The van der Waals surface area contributed by atoms with E-state index >= 15 is 0 Å². The number of likely N-dealkylation sites (N-methyl/N-ethyl adjacent to an activating group) is 1. The van der Waals surface area contributed by atoms with E-state index in [2.05, 4.69) is 5.32 Å². The fourth-order valence-electron chi connectivity index (χ4n) is 0.949. The van der Waals surface area contributed by atoms with Gasteiger partial charge >= 0.3 is 0 Å². The van der Waals surface area contributed by atoms with Gasteiger partial charge in [-0.15, -0.1) is 0 Å². The summed E-state index contributed by atoms with van der Waals surface area (Å²) in [5, 5.41) is 11.5. The Morgan fingerprint density at radius 3 is 3.00 bits per heavy atom. The number of nitriles is 1. The second-order valence-electron chi connectivity index (χ2n) is 2.69. The van der Waals surface area contributed by atoms with E-state index in [0.29, 0.717) is 10.8 Å². The Hall–Kier alpha value is -1.73. The lowest BCUT2D eigenvalue weighted by Gasteiger charge is -2.07. The first kappa shape index (κ1) is 11.3. The molecule has 0 aromatic heterocycles. The molecule has 78 valence electrons. The zero-order valence-electron chi connectivity index (χ0n) is 8.08. The van der Waals surface area contributed by atoms with Gasteiger partial charge in [-0.05, 0) is 12.1 Å². The SMILES string of the molecule is CNC(=O)COc1cccc(Cl)c1C#N. The molecule has 0 aliphatic carbocycles. The van der Waals surface area contributed by atoms with Gasteiger partial charge in [0.1, 0.15) is 17.4 Å². The first-order chi connectivity index (χ1) is 7.19. The standard InChI is InChI=1S/C10H9ClN2O2/c1-13-10(14)6-15-9-4-2-3-8(11)7(9)5-12/h2-4H,6H2,1H3,(H,13,14). The number of amides is 1. The van der Waals surface area contributed by atoms with E-state index < -0.39 is 0 Å². The molecule has 0 atom stereocenters. The average Bonchev–Trinajstić information content (AvgIpc) is 2.25. The summed E-state index contributed by atoms with van der Waals surface area (Å²) in [6, 6.07) is 6.75. The maximum absolute atomic E-state index is 10.9. The van der Waals surface area contributed by atoms with Crippen LogP contribution in [0.2, 0.25) is 5.02 Å². The molecule has 0 radical (unpaired) electrons. The van der Waals surface area contributed by atoms with E-state index in [9.17, 15) is 4.79 Å². The second kappa shape index (κ2) is 5.23. The highest BCUT2D eigenvalue weighted by Gasteiger charge is 2.08. The number of halogens is 1. The molecular weight excluding hydrogens is 216 g/mol. The number of benzene rings is 1. The molecule has 0 bridgehead atoms. The Morgan fingerprint density at radius 2 is 2.40 bits per heavy atom. The molecule has 1 rings (SSSR count). The lowest BCUT2D eigenvalue weighted by atomic mass is 10.2. The molecule has 5 heteroatoms. The number of hydrogen-bond donors (Lipinski definition) is 1. The minimum Gasteiger partial charge on any atom is -0.482 e. The fraction of sp³-hybridized carbons (Fsp3) is 0.200. The predicted octanol–water partition coefficient (Wildman–Crippen LogP) is 1.34. The van der Waals surface area contributed by atoms with Crippen LogP contribution in [-0.4, -0.2) is 19.6 Å². The Bertz CT molecular complexity index is 412. The van der Waals surface area contributed by atoms with Gasteiger partial charge in [-0.2, -0.15) is 5.26 Å². The van der Waals surface area contributed by atoms with E-state index in [1.807, 2.05) is 6.07 Å². The minimum absolute atomic E-state index is 0.133. The zero-order chi connectivity index (χ0) is 11.3. The molecule has 4 nitrogen and oxygen atoms in total. The monoisotopic (exact) mass is 224 g/mol. The minimum atomic E-state index is -0.265. The Balaban J connectivity index is 2.82. The van der Waals surface area contributed by atoms with E-state index in [4.69, 9.17) is 21.6 Å². The first-order valence-corrected chi connectivity index (χ1v) is 4.59. The molecule has 0 spiro atoms. The Kier molecular flexibility index (Phi) is 3.95. The third-order valence-corrected chi connectivity index (χ3v) is 2.04. The van der Waals surface area contributed by atoms with Crippen molar-refractivity contribution >= 4 is 17.5 Å². The van der Waals surface area contributed by atoms with E-state index in [1.54, 1.807) is 18.2 Å². The van der Waals surface area contributed by atoms with Crippen molar-refractivity contribution in [3.05, 3.63) is 28.8 Å². The lowest BCUT2D eigenvalue weighted by Crippen LogP contribution is -2.25. The lowest BCUT2D eigenvalue weighted by molar-refractivity contribution is -0.122. The second-order valence-corrected chi connectivity index (χ2v) is 3.09. The van der Waals surface area contributed by atoms with Gasteiger partial charge in [0.25, 0.3) is 5.91 Å². The normalized spacial score (nSPS) is 9.13. The number of rotatable bonds is 3. The van der Waals surface area contributed by atoms with Crippen LogP contribution in [0, 0.1) is 11.3 Å². The summed E-state index contributed by atoms with van der Waals surface area (Å²) in [5.41, 5.74) is 0.239. The van der Waals surface area contributed by atoms with Crippen molar-refractivity contribution in [2.45, 2.75) is 0 Å². The van der Waals surface area contributed by atoms with Crippen LogP contribution in [0.3, 0.4) is 0 Å². The third-order valence-electron chi connectivity index (χ3n) is 1.72. The summed E-state index contributed by atoms with van der Waals surface area (Å²) in [7, 11) is 1.51. The maximum Gasteiger partial charge on any atom is 0.257 e. The van der Waals surface area contributed by atoms with Crippen molar-refractivity contribution in [1.82, 2.24) is 5.32 Å². The van der Waals surface area contributed by atoms with Crippen LogP contribution in [0.4, 0.5) is 0 Å². The molecule has 1 aromatic rings. The van der Waals surface area contributed by atoms with Gasteiger partial charge in [0.2, 0.25) is 0 Å². The van der Waals surface area contributed by atoms with Crippen molar-refractivity contribution in [3.63, 3.8) is 0 Å². The van der Waals surface area contributed by atoms with Crippen LogP contribution >= 0.6 is 11.6 Å². The van der Waals surface area contributed by atoms with Gasteiger partial charge in [-0.25, -0.2) is 0 Å². The van der Waals surface area contributed by atoms with E-state index in [1.165, 1.54) is 7.05 Å². The molecule has 15 heavy (non-hydrogen) atoms. The average molecular weight is 225 g/mol. The molecule has 0 unspecified atom stereocenters. The fourth-order valence-corrected chi connectivity index (χ4v) is 1.16. The van der Waals surface area contributed by atoms with Crippen molar-refractivity contribution in [3.8, 4) is 11.8 Å². The predicted molar refractivity (Wildman–Crippen MR) is 55.7 cm³/mol. The summed E-state index contributed by atoms with van der Waals surface area (Å²) in [6.45, 7) is -0.133. The van der Waals surface area contributed by atoms with Gasteiger partial charge in [0, 0.05) is 7.05 Å². The quantitative estimate of drug-likeness (QED) is 0.843. The summed E-state index contributed by atoms with van der Waals surface area (Å²) in [4.78, 5) is 10.9. The van der Waals surface area contributed by atoms with E-state index in [-0.39, 0.29) is 18.1 Å². The molecule has 0 aliphatic heterocycles. The van der Waals surface area contributed by atoms with Crippen molar-refractivity contribution in [2.75, 3.05) is 13.7 Å². The topological polar surface area (TPSA) is 62.1 Å². The van der Waals surface area contributed by atoms with Gasteiger partial charge in [-0.1, -0.05) is 17.7 Å². The largest absolute Gasteiger partial charge is 0.482 e. The van der Waals surface area contributed by atoms with Crippen LogP contribution in [0.5, 0.6) is 5.75 Å². The molecular formula is C10H9ClN2O2. The van der Waals surface area contributed by atoms with Crippen LogP contribution in [0.15, 0.2) is 18.2 Å². The number of ether oxygens (including phenoxy) is 1. The van der Waals surface area contributed by atoms with Crippen LogP contribution in [0.25, 0.3) is 0 Å². The van der Waals surface area contributed by atoms with Crippen molar-refractivity contribution in [1.29, 1.82) is 5.26 Å². The smallest absolute Gasteiger partial charge is 0.257 e. The number of nitrogens with one attached hydrogen (secondary N) is 1. The summed E-state index contributed by atoms with van der Waals surface area (Å²) < 4.78 is 5.14. The highest BCUT2D eigenvalue weighted by molar-refractivity contribution is 6.31. The van der Waals surface area contributed by atoms with Crippen LogP contribution in [0.1, 0.15) is 5.56 Å².